The van der Waals surface area contributed by atoms with Gasteiger partial charge in [-0.2, -0.15) is 4.98 Å². The van der Waals surface area contributed by atoms with Crippen molar-refractivity contribution in [3.8, 4) is 17.0 Å². The third-order valence-electron chi connectivity index (χ3n) is 6.19. The molecule has 2 aromatic heterocycles. The number of para-hydroxylation sites is 1. The largest absolute Gasteiger partial charge is 0.494 e. The second-order valence-electron chi connectivity index (χ2n) is 8.46. The van der Waals surface area contributed by atoms with Crippen LogP contribution in [0.15, 0.2) is 59.4 Å². The number of anilines is 1. The summed E-state index contributed by atoms with van der Waals surface area (Å²) in [5.41, 5.74) is 2.56. The normalized spacial score (nSPS) is 15.8. The quantitative estimate of drug-likeness (QED) is 0.425. The molecule has 1 amide bonds. The van der Waals surface area contributed by atoms with Crippen molar-refractivity contribution in [2.24, 2.45) is 5.92 Å². The molecule has 5 rings (SSSR count). The van der Waals surface area contributed by atoms with E-state index in [0.717, 1.165) is 30.7 Å². The zero-order valence-corrected chi connectivity index (χ0v) is 19.4. The van der Waals surface area contributed by atoms with Gasteiger partial charge in [0, 0.05) is 30.8 Å². The monoisotopic (exact) mass is 475 g/mol. The molecule has 8 nitrogen and oxygen atoms in total. The van der Waals surface area contributed by atoms with Crippen molar-refractivity contribution in [2.75, 3.05) is 24.6 Å². The predicted octanol–water partition coefficient (Wildman–Crippen LogP) is 4.36. The van der Waals surface area contributed by atoms with Gasteiger partial charge in [0.2, 0.25) is 5.91 Å². The minimum atomic E-state index is -0.327. The Morgan fingerprint density at radius 3 is 2.86 bits per heavy atom. The molecule has 1 aliphatic rings. The molecule has 0 bridgehead atoms. The lowest BCUT2D eigenvalue weighted by atomic mass is 9.96. The number of hydrogen-bond donors (Lipinski definition) is 1. The Balaban J connectivity index is 1.35. The molecule has 0 spiro atoms. The minimum Gasteiger partial charge on any atom is -0.494 e. The molecule has 1 fully saturated rings. The van der Waals surface area contributed by atoms with Crippen molar-refractivity contribution in [1.82, 2.24) is 20.4 Å². The van der Waals surface area contributed by atoms with Gasteiger partial charge in [0.1, 0.15) is 34.8 Å². The number of aromatic nitrogens is 3. The molecule has 3 heterocycles. The van der Waals surface area contributed by atoms with Crippen LogP contribution < -0.4 is 15.0 Å². The second kappa shape index (κ2) is 10.1. The van der Waals surface area contributed by atoms with Gasteiger partial charge in [-0.3, -0.25) is 4.79 Å². The highest BCUT2D eigenvalue weighted by Crippen LogP contribution is 2.35. The summed E-state index contributed by atoms with van der Waals surface area (Å²) >= 11 is 0. The number of benzene rings is 2. The van der Waals surface area contributed by atoms with Crippen LogP contribution in [-0.4, -0.2) is 40.7 Å². The van der Waals surface area contributed by atoms with Crippen molar-refractivity contribution in [2.45, 2.75) is 26.3 Å². The Hall–Kier alpha value is -4.01. The average Bonchev–Trinajstić information content (AvgIpc) is 3.33. The van der Waals surface area contributed by atoms with Gasteiger partial charge >= 0.3 is 0 Å². The summed E-state index contributed by atoms with van der Waals surface area (Å²) < 4.78 is 24.6. The van der Waals surface area contributed by atoms with Crippen LogP contribution in [-0.2, 0) is 11.3 Å². The fourth-order valence-electron chi connectivity index (χ4n) is 4.47. The number of carbonyl (C=O) groups excluding carboxylic acids is 1. The molecule has 9 heteroatoms. The smallest absolute Gasteiger partial charge is 0.263 e. The molecule has 0 saturated carbocycles. The summed E-state index contributed by atoms with van der Waals surface area (Å²) in [6.45, 7) is 4.17. The zero-order valence-electron chi connectivity index (χ0n) is 19.4. The van der Waals surface area contributed by atoms with Gasteiger partial charge in [-0.25, -0.2) is 9.37 Å². The van der Waals surface area contributed by atoms with E-state index in [9.17, 15) is 9.18 Å². The third-order valence-corrected chi connectivity index (χ3v) is 6.19. The molecule has 1 atom stereocenters. The van der Waals surface area contributed by atoms with E-state index in [-0.39, 0.29) is 17.6 Å². The average molecular weight is 476 g/mol. The predicted molar refractivity (Wildman–Crippen MR) is 129 cm³/mol. The number of piperidine rings is 1. The first kappa shape index (κ1) is 22.8. The maximum absolute atomic E-state index is 13.4. The molecule has 35 heavy (non-hydrogen) atoms. The number of carbonyl (C=O) groups is 1. The fourth-order valence-corrected chi connectivity index (χ4v) is 4.47. The molecule has 180 valence electrons. The molecule has 0 aliphatic carbocycles. The topological polar surface area (TPSA) is 93.4 Å². The molecule has 1 aliphatic heterocycles. The maximum atomic E-state index is 13.4. The van der Waals surface area contributed by atoms with Crippen molar-refractivity contribution < 1.29 is 18.4 Å². The number of nitrogens with zero attached hydrogens (tertiary/aromatic N) is 4. The summed E-state index contributed by atoms with van der Waals surface area (Å²) in [7, 11) is 0. The molecule has 1 saturated heterocycles. The van der Waals surface area contributed by atoms with E-state index in [1.807, 2.05) is 31.2 Å². The van der Waals surface area contributed by atoms with E-state index in [1.165, 1.54) is 18.5 Å². The van der Waals surface area contributed by atoms with Gasteiger partial charge in [-0.05, 0) is 50.1 Å². The highest BCUT2D eigenvalue weighted by Gasteiger charge is 2.29. The fraction of sp³-hybridized carbons (Fsp3) is 0.308. The first-order chi connectivity index (χ1) is 17.1. The Kier molecular flexibility index (Phi) is 6.56. The molecule has 4 aromatic rings. The van der Waals surface area contributed by atoms with Crippen molar-refractivity contribution >= 4 is 22.8 Å². The van der Waals surface area contributed by atoms with E-state index in [1.54, 1.807) is 12.1 Å². The van der Waals surface area contributed by atoms with Gasteiger partial charge in [0.15, 0.2) is 0 Å². The number of ether oxygens (including phenoxy) is 1. The summed E-state index contributed by atoms with van der Waals surface area (Å²) in [6, 6.07) is 13.8. The number of amides is 1. The van der Waals surface area contributed by atoms with Gasteiger partial charge in [-0.1, -0.05) is 23.4 Å². The number of nitrogens with one attached hydrogen (secondary N) is 1. The standard InChI is InChI=1S/C26H26FN5O3/c1-2-34-21-8-4-3-6-18(21)14-28-25(33)19-7-5-13-32(15-19)24-22-23(17-9-11-20(27)12-10-17)31-35-26(22)30-16-29-24/h3-4,6,8-12,16,19H,2,5,7,13-15H2,1H3,(H,28,33)/t19-/m0/s1. The molecule has 0 radical (unpaired) electrons. The highest BCUT2D eigenvalue weighted by atomic mass is 19.1. The SMILES string of the molecule is CCOc1ccccc1CNC(=O)[C@H]1CCCN(c2ncnc3onc(-c4ccc(F)cc4)c23)C1. The van der Waals surface area contributed by atoms with Crippen LogP contribution in [0.4, 0.5) is 10.2 Å². The van der Waals surface area contributed by atoms with Crippen LogP contribution in [0.1, 0.15) is 25.3 Å². The van der Waals surface area contributed by atoms with Crippen LogP contribution in [0, 0.1) is 11.7 Å². The Morgan fingerprint density at radius 1 is 1.20 bits per heavy atom. The third kappa shape index (κ3) is 4.80. The van der Waals surface area contributed by atoms with Crippen LogP contribution in [0.25, 0.3) is 22.4 Å². The van der Waals surface area contributed by atoms with E-state index < -0.39 is 0 Å². The van der Waals surface area contributed by atoms with Crippen LogP contribution in [0.5, 0.6) is 5.75 Å². The van der Waals surface area contributed by atoms with Crippen LogP contribution in [0.2, 0.25) is 0 Å². The van der Waals surface area contributed by atoms with E-state index >= 15 is 0 Å². The van der Waals surface area contributed by atoms with Crippen molar-refractivity contribution in [3.05, 3.63) is 66.2 Å². The van der Waals surface area contributed by atoms with Crippen LogP contribution >= 0.6 is 0 Å². The zero-order chi connectivity index (χ0) is 24.2. The summed E-state index contributed by atoms with van der Waals surface area (Å²) in [4.78, 5) is 23.9. The number of halogens is 1. The summed E-state index contributed by atoms with van der Waals surface area (Å²) in [5.74, 6) is 0.920. The minimum absolute atomic E-state index is 0.00428. The van der Waals surface area contributed by atoms with Crippen molar-refractivity contribution in [3.63, 3.8) is 0 Å². The van der Waals surface area contributed by atoms with Gasteiger partial charge in [0.05, 0.1) is 12.5 Å². The van der Waals surface area contributed by atoms with Gasteiger partial charge in [0.25, 0.3) is 5.71 Å². The first-order valence-corrected chi connectivity index (χ1v) is 11.7. The Bertz CT molecular complexity index is 1320. The molecule has 0 unspecified atom stereocenters. The molecule has 1 N–H and O–H groups in total. The Morgan fingerprint density at radius 2 is 2.03 bits per heavy atom. The number of hydrogen-bond acceptors (Lipinski definition) is 7. The second-order valence-corrected chi connectivity index (χ2v) is 8.46. The lowest BCUT2D eigenvalue weighted by Crippen LogP contribution is -2.43. The molecule has 2 aromatic carbocycles. The summed E-state index contributed by atoms with van der Waals surface area (Å²) in [6.07, 6.45) is 3.07. The van der Waals surface area contributed by atoms with E-state index in [2.05, 4.69) is 25.3 Å². The number of fused-ring (bicyclic) bond motifs is 1. The van der Waals surface area contributed by atoms with E-state index in [4.69, 9.17) is 9.26 Å². The Labute approximate surface area is 202 Å². The van der Waals surface area contributed by atoms with E-state index in [0.29, 0.717) is 47.9 Å². The lowest BCUT2D eigenvalue weighted by Gasteiger charge is -2.33. The molecular weight excluding hydrogens is 449 g/mol. The van der Waals surface area contributed by atoms with Gasteiger partial charge in [-0.15, -0.1) is 0 Å². The number of rotatable bonds is 7. The van der Waals surface area contributed by atoms with Gasteiger partial charge < -0.3 is 19.5 Å². The van der Waals surface area contributed by atoms with Crippen molar-refractivity contribution in [1.29, 1.82) is 0 Å². The first-order valence-electron chi connectivity index (χ1n) is 11.7. The van der Waals surface area contributed by atoms with Crippen LogP contribution in [0.3, 0.4) is 0 Å². The molecular formula is C26H26FN5O3. The maximum Gasteiger partial charge on any atom is 0.263 e. The summed E-state index contributed by atoms with van der Waals surface area (Å²) in [5, 5.41) is 7.90. The lowest BCUT2D eigenvalue weighted by molar-refractivity contribution is -0.125. The highest BCUT2D eigenvalue weighted by molar-refractivity contribution is 5.98.